The number of ketones is 1. The molecule has 0 saturated carbocycles. The van der Waals surface area contributed by atoms with Gasteiger partial charge in [-0.2, -0.15) is 5.26 Å². The first-order valence-electron chi connectivity index (χ1n) is 9.40. The molecule has 2 aromatic carbocycles. The van der Waals surface area contributed by atoms with Crippen LogP contribution in [0.25, 0.3) is 16.9 Å². The molecule has 0 bridgehead atoms. The third kappa shape index (κ3) is 4.32. The van der Waals surface area contributed by atoms with Crippen molar-refractivity contribution < 1.29 is 14.0 Å². The molecule has 0 unspecified atom stereocenters. The highest BCUT2D eigenvalue weighted by atomic mass is 32.2. The minimum atomic E-state index is -0.753. The van der Waals surface area contributed by atoms with Gasteiger partial charge in [0.1, 0.15) is 11.1 Å². The van der Waals surface area contributed by atoms with E-state index >= 15 is 0 Å². The average Bonchev–Trinajstić information content (AvgIpc) is 3.20. The van der Waals surface area contributed by atoms with E-state index in [1.165, 1.54) is 4.68 Å². The van der Waals surface area contributed by atoms with Crippen LogP contribution in [0.4, 0.5) is 0 Å². The molecule has 0 aliphatic heterocycles. The molecule has 0 saturated heterocycles. The largest absolute Gasteiger partial charge is 0.438 e. The number of carbonyl (C=O) groups excluding carboxylic acids is 1. The molecule has 4 aromatic rings. The van der Waals surface area contributed by atoms with Crippen LogP contribution in [-0.4, -0.2) is 21.8 Å². The van der Waals surface area contributed by atoms with E-state index < -0.39 is 11.4 Å². The molecule has 0 fully saturated rings. The predicted octanol–water partition coefficient (Wildman–Crippen LogP) is 3.46. The maximum absolute atomic E-state index is 12.9. The number of H-pyrrole nitrogens is 1. The molecule has 0 spiro atoms. The van der Waals surface area contributed by atoms with Crippen LogP contribution < -0.4 is 10.3 Å². The number of benzene rings is 2. The van der Waals surface area contributed by atoms with Crippen molar-refractivity contribution in [3.63, 3.8) is 0 Å². The molecule has 7 nitrogen and oxygen atoms in total. The van der Waals surface area contributed by atoms with Gasteiger partial charge in [-0.1, -0.05) is 59.8 Å². The van der Waals surface area contributed by atoms with Gasteiger partial charge in [0.05, 0.1) is 17.0 Å². The molecular weight excluding hydrogens is 412 g/mol. The van der Waals surface area contributed by atoms with E-state index in [1.807, 2.05) is 37.3 Å². The number of nitrogens with one attached hydrogen (secondary N) is 1. The van der Waals surface area contributed by atoms with Gasteiger partial charge in [-0.3, -0.25) is 9.32 Å². The van der Waals surface area contributed by atoms with Gasteiger partial charge in [0.15, 0.2) is 0 Å². The number of carbonyl (C=O) groups is 1. The first-order valence-corrected chi connectivity index (χ1v) is 10.4. The van der Waals surface area contributed by atoms with E-state index in [0.29, 0.717) is 22.0 Å². The number of aryl methyl sites for hydroxylation is 1. The zero-order valence-corrected chi connectivity index (χ0v) is 17.3. The molecule has 0 aliphatic carbocycles. The molecule has 1 N–H and O–H groups in total. The zero-order valence-electron chi connectivity index (χ0n) is 16.5. The van der Waals surface area contributed by atoms with E-state index in [-0.39, 0.29) is 11.4 Å². The fraction of sp³-hybridized carbons (Fsp3) is 0.0870. The van der Waals surface area contributed by atoms with E-state index in [0.717, 1.165) is 22.9 Å². The normalized spacial score (nSPS) is 10.6. The lowest BCUT2D eigenvalue weighted by atomic mass is 10.1. The molecule has 8 heteroatoms. The number of Topliss-reactive ketones (excluding diaryl/α,β-unsaturated/α-hetero) is 1. The zero-order chi connectivity index (χ0) is 21.8. The van der Waals surface area contributed by atoms with Crippen molar-refractivity contribution in [2.45, 2.75) is 11.9 Å². The Morgan fingerprint density at radius 2 is 1.87 bits per heavy atom. The summed E-state index contributed by atoms with van der Waals surface area (Å²) in [5.41, 5.74) is 2.84. The Kier molecular flexibility index (Phi) is 5.78. The SMILES string of the molecule is Cc1ccc(-c2ccc(C#N)c(SCC(=O)c3c(=O)o[nH][n+]3-c3ccccc3)n2)cc1. The van der Waals surface area contributed by atoms with Crippen molar-refractivity contribution in [2.75, 3.05) is 5.75 Å². The van der Waals surface area contributed by atoms with E-state index in [9.17, 15) is 14.9 Å². The quantitative estimate of drug-likeness (QED) is 0.286. The van der Waals surface area contributed by atoms with Crippen LogP contribution in [0.3, 0.4) is 0 Å². The van der Waals surface area contributed by atoms with Crippen molar-refractivity contribution in [3.8, 4) is 23.0 Å². The van der Waals surface area contributed by atoms with Gasteiger partial charge >= 0.3 is 11.3 Å². The van der Waals surface area contributed by atoms with E-state index in [1.54, 1.807) is 36.4 Å². The van der Waals surface area contributed by atoms with Crippen molar-refractivity contribution in [2.24, 2.45) is 0 Å². The topological polar surface area (TPSA) is 104 Å². The van der Waals surface area contributed by atoms with E-state index in [4.69, 9.17) is 4.52 Å². The highest BCUT2D eigenvalue weighted by Gasteiger charge is 2.30. The lowest BCUT2D eigenvalue weighted by molar-refractivity contribution is -0.672. The standard InChI is InChI=1S/C23H16N4O3S/c1-15-7-9-16(10-8-15)19-12-11-17(13-24)22(25-19)31-14-20(28)21-23(29)30-26-27(21)18-5-3-2-4-6-18/h2-12H,14H2,1H3/p+1. The average molecular weight is 429 g/mol. The third-order valence-electron chi connectivity index (χ3n) is 4.59. The van der Waals surface area contributed by atoms with Gasteiger partial charge in [-0.05, 0) is 29.0 Å². The molecule has 0 radical (unpaired) electrons. The van der Waals surface area contributed by atoms with Crippen LogP contribution in [0.5, 0.6) is 0 Å². The van der Waals surface area contributed by atoms with Gasteiger partial charge < -0.3 is 0 Å². The number of aromatic amines is 1. The van der Waals surface area contributed by atoms with Gasteiger partial charge in [-0.15, -0.1) is 0 Å². The van der Waals surface area contributed by atoms with Crippen LogP contribution >= 0.6 is 11.8 Å². The molecule has 2 heterocycles. The Hall–Kier alpha value is -3.96. The third-order valence-corrected chi connectivity index (χ3v) is 5.58. The molecule has 2 aromatic heterocycles. The predicted molar refractivity (Wildman–Crippen MR) is 115 cm³/mol. The monoisotopic (exact) mass is 429 g/mol. The Labute approximate surface area is 181 Å². The number of hydrogen-bond acceptors (Lipinski definition) is 6. The number of nitrogens with zero attached hydrogens (tertiary/aromatic N) is 3. The molecule has 31 heavy (non-hydrogen) atoms. The number of nitriles is 1. The van der Waals surface area contributed by atoms with Crippen LogP contribution in [-0.2, 0) is 0 Å². The second kappa shape index (κ2) is 8.81. The fourth-order valence-corrected chi connectivity index (χ4v) is 3.83. The number of hydrogen-bond donors (Lipinski definition) is 1. The summed E-state index contributed by atoms with van der Waals surface area (Å²) in [6, 6.07) is 22.3. The van der Waals surface area contributed by atoms with Gasteiger partial charge in [-0.25, -0.2) is 9.78 Å². The lowest BCUT2D eigenvalue weighted by Gasteiger charge is -2.06. The van der Waals surface area contributed by atoms with Crippen LogP contribution in [0.2, 0.25) is 0 Å². The van der Waals surface area contributed by atoms with Crippen LogP contribution in [0.1, 0.15) is 21.6 Å². The first kappa shape index (κ1) is 20.3. The summed E-state index contributed by atoms with van der Waals surface area (Å²) in [6.45, 7) is 2.00. The highest BCUT2D eigenvalue weighted by molar-refractivity contribution is 8.00. The summed E-state index contributed by atoms with van der Waals surface area (Å²) in [4.78, 5) is 29.6. The van der Waals surface area contributed by atoms with E-state index in [2.05, 4.69) is 16.3 Å². The molecule has 4 rings (SSSR count). The van der Waals surface area contributed by atoms with Gasteiger partial charge in [0.2, 0.25) is 11.5 Å². The smallest absolute Gasteiger partial charge is 0.286 e. The number of pyridine rings is 1. The summed E-state index contributed by atoms with van der Waals surface area (Å²) in [6.07, 6.45) is 0. The Bertz CT molecular complexity index is 1340. The molecule has 0 amide bonds. The molecule has 152 valence electrons. The summed E-state index contributed by atoms with van der Waals surface area (Å²) >= 11 is 1.11. The van der Waals surface area contributed by atoms with Gasteiger partial charge in [0, 0.05) is 17.7 Å². The first-order chi connectivity index (χ1) is 15.1. The maximum atomic E-state index is 12.9. The van der Waals surface area contributed by atoms with Crippen LogP contribution in [0, 0.1) is 18.3 Å². The lowest BCUT2D eigenvalue weighted by Crippen LogP contribution is -2.41. The highest BCUT2D eigenvalue weighted by Crippen LogP contribution is 2.26. The Morgan fingerprint density at radius 3 is 2.58 bits per heavy atom. The second-order valence-corrected chi connectivity index (χ2v) is 7.70. The van der Waals surface area contributed by atoms with Gasteiger partial charge in [0.25, 0.3) is 0 Å². The minimum absolute atomic E-state index is 0.0749. The van der Waals surface area contributed by atoms with Crippen LogP contribution in [0.15, 0.2) is 81.1 Å². The summed E-state index contributed by atoms with van der Waals surface area (Å²) in [7, 11) is 0. The number of thioether (sulfide) groups is 1. The Morgan fingerprint density at radius 1 is 1.13 bits per heavy atom. The van der Waals surface area contributed by atoms with Crippen molar-refractivity contribution >= 4 is 17.5 Å². The summed E-state index contributed by atoms with van der Waals surface area (Å²) in [5.74, 6) is -0.510. The summed E-state index contributed by atoms with van der Waals surface area (Å²) < 4.78 is 6.15. The summed E-state index contributed by atoms with van der Waals surface area (Å²) in [5, 5.41) is 12.3. The molecular formula is C23H17N4O3S+. The number of rotatable bonds is 6. The minimum Gasteiger partial charge on any atom is -0.286 e. The number of para-hydroxylation sites is 1. The fourth-order valence-electron chi connectivity index (χ4n) is 2.99. The number of aromatic nitrogens is 3. The molecule has 0 aliphatic rings. The Balaban J connectivity index is 1.60. The van der Waals surface area contributed by atoms with Crippen molar-refractivity contribution in [1.82, 2.24) is 10.3 Å². The maximum Gasteiger partial charge on any atom is 0.438 e. The second-order valence-electron chi connectivity index (χ2n) is 6.74. The van der Waals surface area contributed by atoms with Crippen molar-refractivity contribution in [1.29, 1.82) is 5.26 Å². The van der Waals surface area contributed by atoms with Crippen molar-refractivity contribution in [3.05, 3.63) is 94.0 Å². The molecule has 0 atom stereocenters.